The minimum absolute atomic E-state index is 0.130. The zero-order valence-corrected chi connectivity index (χ0v) is 32.2. The summed E-state index contributed by atoms with van der Waals surface area (Å²) >= 11 is -3.42. The number of fused-ring (bicyclic) bond motifs is 16. The predicted octanol–water partition coefficient (Wildman–Crippen LogP) is 10.7. The van der Waals surface area contributed by atoms with Crippen molar-refractivity contribution in [1.82, 2.24) is 0 Å². The van der Waals surface area contributed by atoms with Crippen LogP contribution < -0.4 is 22.5 Å². The third-order valence-corrected chi connectivity index (χ3v) is 23.1. The SMILES string of the molecule is CC1(C)c2ccccc2-c2ccc(N(c3ccc4[c](c3)[Ge]3([c]5ccccc5-c5cccc[c]53)[c]3ccccc3-4)c3cccc4c3oc3ccccc34)cc21. The summed E-state index contributed by atoms with van der Waals surface area (Å²) < 4.78 is 12.9. The summed E-state index contributed by atoms with van der Waals surface area (Å²) in [4.78, 5) is 2.47. The van der Waals surface area contributed by atoms with Crippen molar-refractivity contribution in [3.05, 3.63) is 187 Å². The van der Waals surface area contributed by atoms with Crippen molar-refractivity contribution in [3.63, 3.8) is 0 Å². The first-order chi connectivity index (χ1) is 26.5. The molecule has 0 N–H and O–H groups in total. The number of benzene rings is 8. The first-order valence-corrected chi connectivity index (χ1v) is 23.1. The van der Waals surface area contributed by atoms with E-state index in [1.165, 1.54) is 62.1 Å². The van der Waals surface area contributed by atoms with Crippen LogP contribution in [0.15, 0.2) is 180 Å². The molecule has 0 unspecified atom stereocenters. The first-order valence-electron chi connectivity index (χ1n) is 18.9. The van der Waals surface area contributed by atoms with E-state index in [4.69, 9.17) is 4.42 Å². The van der Waals surface area contributed by atoms with E-state index in [0.29, 0.717) is 0 Å². The number of rotatable bonds is 3. The van der Waals surface area contributed by atoms with E-state index in [1.807, 2.05) is 0 Å². The minimum atomic E-state index is -3.42. The van der Waals surface area contributed by atoms with Crippen LogP contribution in [0.4, 0.5) is 17.1 Å². The molecule has 1 aliphatic carbocycles. The van der Waals surface area contributed by atoms with Gasteiger partial charge in [0.1, 0.15) is 0 Å². The Morgan fingerprint density at radius 2 is 0.944 bits per heavy atom. The van der Waals surface area contributed by atoms with Gasteiger partial charge >= 0.3 is 319 Å². The molecule has 0 atom stereocenters. The second-order valence-corrected chi connectivity index (χ2v) is 23.3. The quantitative estimate of drug-likeness (QED) is 0.167. The van der Waals surface area contributed by atoms with Crippen LogP contribution in [0.5, 0.6) is 0 Å². The van der Waals surface area contributed by atoms with Gasteiger partial charge in [-0.25, -0.2) is 0 Å². The molecule has 0 amide bonds. The second kappa shape index (κ2) is 10.7. The molecule has 0 fully saturated rings. The van der Waals surface area contributed by atoms with Gasteiger partial charge in [0.15, 0.2) is 0 Å². The van der Waals surface area contributed by atoms with E-state index in [9.17, 15) is 0 Å². The number of para-hydroxylation sites is 2. The molecule has 0 radical (unpaired) electrons. The number of hydrogen-bond donors (Lipinski definition) is 0. The molecule has 8 aromatic carbocycles. The number of furan rings is 1. The molecule has 3 heteroatoms. The Labute approximate surface area is 317 Å². The molecule has 54 heavy (non-hydrogen) atoms. The van der Waals surface area contributed by atoms with Crippen LogP contribution in [-0.2, 0) is 5.41 Å². The fourth-order valence-corrected chi connectivity index (χ4v) is 22.2. The molecule has 0 bridgehead atoms. The van der Waals surface area contributed by atoms with Crippen molar-refractivity contribution in [1.29, 1.82) is 0 Å². The summed E-state index contributed by atoms with van der Waals surface area (Å²) in [5, 5.41) is 2.26. The summed E-state index contributed by atoms with van der Waals surface area (Å²) in [5.74, 6) is 0. The molecular weight excluding hydrogens is 715 g/mol. The van der Waals surface area contributed by atoms with Gasteiger partial charge in [0, 0.05) is 0 Å². The van der Waals surface area contributed by atoms with Gasteiger partial charge in [0.2, 0.25) is 0 Å². The Morgan fingerprint density at radius 1 is 0.426 bits per heavy atom. The molecule has 9 aromatic rings. The molecule has 0 saturated heterocycles. The third kappa shape index (κ3) is 3.76. The van der Waals surface area contributed by atoms with E-state index in [-0.39, 0.29) is 5.41 Å². The van der Waals surface area contributed by atoms with Gasteiger partial charge in [-0.05, 0) is 0 Å². The van der Waals surface area contributed by atoms with E-state index < -0.39 is 13.3 Å². The maximum absolute atomic E-state index is 6.79. The molecule has 3 heterocycles. The van der Waals surface area contributed by atoms with E-state index in [1.54, 1.807) is 0 Å². The summed E-state index contributed by atoms with van der Waals surface area (Å²) in [7, 11) is 0. The van der Waals surface area contributed by atoms with Crippen LogP contribution in [-0.4, -0.2) is 13.3 Å². The van der Waals surface area contributed by atoms with Crippen molar-refractivity contribution in [2.75, 3.05) is 4.90 Å². The summed E-state index contributed by atoms with van der Waals surface area (Å²) in [5.41, 5.74) is 15.9. The van der Waals surface area contributed by atoms with Crippen LogP contribution in [0.2, 0.25) is 0 Å². The van der Waals surface area contributed by atoms with E-state index in [2.05, 4.69) is 195 Å². The molecule has 2 aliphatic heterocycles. The van der Waals surface area contributed by atoms with Gasteiger partial charge < -0.3 is 0 Å². The van der Waals surface area contributed by atoms with Crippen LogP contribution in [0.3, 0.4) is 0 Å². The monoisotopic (exact) mass is 751 g/mol. The van der Waals surface area contributed by atoms with Crippen molar-refractivity contribution in [3.8, 4) is 33.4 Å². The first kappa shape index (κ1) is 30.4. The Hall–Kier alpha value is -6.10. The Balaban J connectivity index is 1.16. The molecule has 12 rings (SSSR count). The molecule has 1 aromatic heterocycles. The van der Waals surface area contributed by atoms with Crippen LogP contribution in [0.1, 0.15) is 25.0 Å². The number of nitrogens with zero attached hydrogens (tertiary/aromatic N) is 1. The third-order valence-electron chi connectivity index (χ3n) is 12.7. The Kier molecular flexibility index (Phi) is 6.04. The molecule has 2 nitrogen and oxygen atoms in total. The molecule has 1 spiro atoms. The topological polar surface area (TPSA) is 16.4 Å². The summed E-state index contributed by atoms with van der Waals surface area (Å²) in [6.45, 7) is 4.73. The Bertz CT molecular complexity index is 2990. The maximum atomic E-state index is 6.79. The van der Waals surface area contributed by atoms with Crippen molar-refractivity contribution >= 4 is 69.9 Å². The predicted molar refractivity (Wildman–Crippen MR) is 228 cm³/mol. The van der Waals surface area contributed by atoms with Gasteiger partial charge in [-0.3, -0.25) is 0 Å². The van der Waals surface area contributed by atoms with E-state index in [0.717, 1.165) is 39.0 Å². The normalized spacial score (nSPS) is 14.8. The van der Waals surface area contributed by atoms with Crippen LogP contribution >= 0.6 is 0 Å². The van der Waals surface area contributed by atoms with Gasteiger partial charge in [0.25, 0.3) is 0 Å². The molecule has 254 valence electrons. The molecule has 0 saturated carbocycles. The van der Waals surface area contributed by atoms with Crippen molar-refractivity contribution in [2.24, 2.45) is 0 Å². The molecule has 3 aliphatic rings. The van der Waals surface area contributed by atoms with Crippen LogP contribution in [0.25, 0.3) is 55.3 Å². The average molecular weight is 750 g/mol. The zero-order valence-electron chi connectivity index (χ0n) is 30.1. The fourth-order valence-electron chi connectivity index (χ4n) is 10.4. The van der Waals surface area contributed by atoms with Crippen molar-refractivity contribution < 1.29 is 4.42 Å². The number of hydrogen-bond acceptors (Lipinski definition) is 2. The van der Waals surface area contributed by atoms with Gasteiger partial charge in [-0.1, -0.05) is 0 Å². The summed E-state index contributed by atoms with van der Waals surface area (Å²) in [6, 6.07) is 66.1. The van der Waals surface area contributed by atoms with Gasteiger partial charge in [-0.2, -0.15) is 0 Å². The van der Waals surface area contributed by atoms with E-state index >= 15 is 0 Å². The second-order valence-electron chi connectivity index (χ2n) is 15.6. The van der Waals surface area contributed by atoms with Crippen molar-refractivity contribution in [2.45, 2.75) is 19.3 Å². The zero-order chi connectivity index (χ0) is 35.8. The van der Waals surface area contributed by atoms with Crippen LogP contribution in [0, 0.1) is 0 Å². The summed E-state index contributed by atoms with van der Waals surface area (Å²) in [6.07, 6.45) is 0. The van der Waals surface area contributed by atoms with Gasteiger partial charge in [-0.15, -0.1) is 0 Å². The Morgan fingerprint density at radius 3 is 1.65 bits per heavy atom. The fraction of sp³-hybridized carbons (Fsp3) is 0.0588. The van der Waals surface area contributed by atoms with Gasteiger partial charge in [0.05, 0.1) is 0 Å². The molecular formula is C51H35GeNO. The standard InChI is InChI=1S/C51H35GeNO/c1-51(2)42-20-8-3-14-34(42)35-28-26-32(30-43(35)51)53(48-24-13-19-41-40-18-7-12-25-49(40)54-50(41)48)33-27-29-39-38-17-6-11-23-46(38)52(47(39)31-33)44-21-9-4-15-36(44)37-16-5-10-22-45(37)52/h3-31H,1-2H3. The average Bonchev–Trinajstić information content (AvgIpc) is 3.91. The number of anilines is 3.